The smallest absolute Gasteiger partial charge is 0.341 e. The molecule has 2 N–H and O–H groups in total. The Labute approximate surface area is 145 Å². The molecular weight excluding hydrogens is 324 g/mol. The number of hydrogen-bond donors (Lipinski definition) is 2. The summed E-state index contributed by atoms with van der Waals surface area (Å²) in [5.74, 6) is -1.62. The maximum absolute atomic E-state index is 12.0. The number of carbonyl (C=O) groups is 2. The van der Waals surface area contributed by atoms with Gasteiger partial charge in [-0.2, -0.15) is 0 Å². The minimum Gasteiger partial charge on any atom is -0.507 e. The Hall–Kier alpha value is -3.02. The van der Waals surface area contributed by atoms with Crippen molar-refractivity contribution in [3.63, 3.8) is 0 Å². The van der Waals surface area contributed by atoms with Crippen LogP contribution in [0.3, 0.4) is 0 Å². The Bertz CT molecular complexity index is 703. The molecule has 0 heterocycles. The number of esters is 2. The van der Waals surface area contributed by atoms with E-state index in [4.69, 9.17) is 9.47 Å². The third-order valence-electron chi connectivity index (χ3n) is 3.44. The van der Waals surface area contributed by atoms with Gasteiger partial charge in [0.15, 0.2) is 0 Å². The van der Waals surface area contributed by atoms with E-state index in [1.165, 1.54) is 24.3 Å². The van der Waals surface area contributed by atoms with Gasteiger partial charge in [-0.25, -0.2) is 9.59 Å². The first kappa shape index (κ1) is 18.3. The van der Waals surface area contributed by atoms with Crippen LogP contribution in [0.4, 0.5) is 0 Å². The van der Waals surface area contributed by atoms with Crippen molar-refractivity contribution in [2.75, 3.05) is 13.2 Å². The van der Waals surface area contributed by atoms with Gasteiger partial charge in [-0.1, -0.05) is 38.1 Å². The van der Waals surface area contributed by atoms with Crippen LogP contribution in [0.15, 0.2) is 48.5 Å². The summed E-state index contributed by atoms with van der Waals surface area (Å²) >= 11 is 0. The van der Waals surface area contributed by atoms with Gasteiger partial charge in [0.25, 0.3) is 0 Å². The zero-order valence-electron chi connectivity index (χ0n) is 14.1. The summed E-state index contributed by atoms with van der Waals surface area (Å²) in [6.45, 7) is 3.52. The Morgan fingerprint density at radius 3 is 1.52 bits per heavy atom. The van der Waals surface area contributed by atoms with E-state index < -0.39 is 17.4 Å². The lowest BCUT2D eigenvalue weighted by atomic mass is 9.96. The molecule has 0 aliphatic carbocycles. The second-order valence-electron chi connectivity index (χ2n) is 6.35. The molecule has 0 saturated carbocycles. The van der Waals surface area contributed by atoms with E-state index in [1.54, 1.807) is 38.1 Å². The number of para-hydroxylation sites is 2. The normalized spacial score (nSPS) is 11.0. The average Bonchev–Trinajstić information content (AvgIpc) is 2.59. The van der Waals surface area contributed by atoms with Crippen molar-refractivity contribution < 1.29 is 29.3 Å². The Kier molecular flexibility index (Phi) is 5.64. The van der Waals surface area contributed by atoms with E-state index in [2.05, 4.69) is 0 Å². The number of rotatable bonds is 6. The fraction of sp³-hybridized carbons (Fsp3) is 0.263. The second kappa shape index (κ2) is 7.70. The Balaban J connectivity index is 1.89. The van der Waals surface area contributed by atoms with Crippen LogP contribution in [0.2, 0.25) is 0 Å². The molecule has 6 nitrogen and oxygen atoms in total. The molecule has 0 amide bonds. The first-order chi connectivity index (χ1) is 11.8. The fourth-order valence-corrected chi connectivity index (χ4v) is 2.01. The molecule has 2 aromatic rings. The molecular formula is C19H20O6. The lowest BCUT2D eigenvalue weighted by Crippen LogP contribution is -2.28. The first-order valence-electron chi connectivity index (χ1n) is 7.70. The van der Waals surface area contributed by atoms with Crippen molar-refractivity contribution in [3.8, 4) is 11.5 Å². The van der Waals surface area contributed by atoms with E-state index >= 15 is 0 Å². The van der Waals surface area contributed by atoms with Crippen molar-refractivity contribution in [1.82, 2.24) is 0 Å². The number of phenols is 2. The summed E-state index contributed by atoms with van der Waals surface area (Å²) in [6.07, 6.45) is 0. The summed E-state index contributed by atoms with van der Waals surface area (Å²) < 4.78 is 10.4. The van der Waals surface area contributed by atoms with E-state index in [1.807, 2.05) is 0 Å². The molecule has 0 atom stereocenters. The maximum Gasteiger partial charge on any atom is 0.341 e. The summed E-state index contributed by atoms with van der Waals surface area (Å²) in [5.41, 5.74) is -0.492. The molecule has 132 valence electrons. The molecule has 25 heavy (non-hydrogen) atoms. The zero-order valence-corrected chi connectivity index (χ0v) is 14.1. The van der Waals surface area contributed by atoms with Crippen LogP contribution in [0.25, 0.3) is 0 Å². The quantitative estimate of drug-likeness (QED) is 0.782. The molecule has 0 saturated heterocycles. The highest BCUT2D eigenvalue weighted by molar-refractivity contribution is 5.92. The number of carbonyl (C=O) groups excluding carboxylic acids is 2. The molecule has 2 aromatic carbocycles. The summed E-state index contributed by atoms with van der Waals surface area (Å²) in [5, 5.41) is 19.3. The zero-order chi connectivity index (χ0) is 18.4. The van der Waals surface area contributed by atoms with Gasteiger partial charge in [0, 0.05) is 5.41 Å². The minimum atomic E-state index is -0.654. The summed E-state index contributed by atoms with van der Waals surface area (Å²) in [6, 6.07) is 12.2. The van der Waals surface area contributed by atoms with Crippen molar-refractivity contribution in [1.29, 1.82) is 0 Å². The molecule has 2 rings (SSSR count). The van der Waals surface area contributed by atoms with Crippen LogP contribution in [-0.2, 0) is 9.47 Å². The molecule has 0 fully saturated rings. The SMILES string of the molecule is CC(C)(COC(=O)c1ccccc1O)COC(=O)c1ccccc1O. The highest BCUT2D eigenvalue weighted by Crippen LogP contribution is 2.22. The molecule has 0 bridgehead atoms. The average molecular weight is 344 g/mol. The lowest BCUT2D eigenvalue weighted by Gasteiger charge is -2.23. The molecule has 0 unspecified atom stereocenters. The molecule has 0 radical (unpaired) electrons. The van der Waals surface area contributed by atoms with Crippen LogP contribution in [0.5, 0.6) is 11.5 Å². The van der Waals surface area contributed by atoms with Crippen LogP contribution >= 0.6 is 0 Å². The Morgan fingerprint density at radius 1 is 0.800 bits per heavy atom. The van der Waals surface area contributed by atoms with Crippen LogP contribution in [-0.4, -0.2) is 35.4 Å². The first-order valence-corrected chi connectivity index (χ1v) is 7.70. The van der Waals surface area contributed by atoms with Gasteiger partial charge >= 0.3 is 11.9 Å². The van der Waals surface area contributed by atoms with Crippen molar-refractivity contribution in [3.05, 3.63) is 59.7 Å². The highest BCUT2D eigenvalue weighted by atomic mass is 16.5. The van der Waals surface area contributed by atoms with Gasteiger partial charge in [-0.05, 0) is 24.3 Å². The van der Waals surface area contributed by atoms with Crippen LogP contribution in [0, 0.1) is 5.41 Å². The van der Waals surface area contributed by atoms with E-state index in [0.717, 1.165) is 0 Å². The number of phenolic OH excluding ortho intramolecular Hbond substituents is 2. The van der Waals surface area contributed by atoms with Gasteiger partial charge < -0.3 is 19.7 Å². The number of aromatic hydroxyl groups is 2. The van der Waals surface area contributed by atoms with E-state index in [0.29, 0.717) is 0 Å². The molecule has 0 aliphatic heterocycles. The van der Waals surface area contributed by atoms with Gasteiger partial charge in [0.05, 0.1) is 13.2 Å². The van der Waals surface area contributed by atoms with Gasteiger partial charge in [0.1, 0.15) is 22.6 Å². The molecule has 0 aromatic heterocycles. The number of hydrogen-bond acceptors (Lipinski definition) is 6. The van der Waals surface area contributed by atoms with E-state index in [9.17, 15) is 19.8 Å². The van der Waals surface area contributed by atoms with Crippen molar-refractivity contribution >= 4 is 11.9 Å². The molecule has 0 spiro atoms. The molecule has 6 heteroatoms. The number of ether oxygens (including phenoxy) is 2. The van der Waals surface area contributed by atoms with Gasteiger partial charge in [-0.3, -0.25) is 0 Å². The van der Waals surface area contributed by atoms with Crippen molar-refractivity contribution in [2.24, 2.45) is 5.41 Å². The highest BCUT2D eigenvalue weighted by Gasteiger charge is 2.25. The van der Waals surface area contributed by atoms with Gasteiger partial charge in [0.2, 0.25) is 0 Å². The predicted molar refractivity (Wildman–Crippen MR) is 90.6 cm³/mol. The minimum absolute atomic E-state index is 0.00573. The topological polar surface area (TPSA) is 93.1 Å². The second-order valence-corrected chi connectivity index (χ2v) is 6.35. The van der Waals surface area contributed by atoms with Gasteiger partial charge in [-0.15, -0.1) is 0 Å². The third-order valence-corrected chi connectivity index (χ3v) is 3.44. The monoisotopic (exact) mass is 344 g/mol. The van der Waals surface area contributed by atoms with Crippen LogP contribution < -0.4 is 0 Å². The number of benzene rings is 2. The van der Waals surface area contributed by atoms with E-state index in [-0.39, 0.29) is 35.8 Å². The van der Waals surface area contributed by atoms with Crippen molar-refractivity contribution in [2.45, 2.75) is 13.8 Å². The van der Waals surface area contributed by atoms with Crippen LogP contribution in [0.1, 0.15) is 34.6 Å². The maximum atomic E-state index is 12.0. The summed E-state index contributed by atoms with van der Waals surface area (Å²) in [7, 11) is 0. The fourth-order valence-electron chi connectivity index (χ4n) is 2.01. The largest absolute Gasteiger partial charge is 0.507 e. The lowest BCUT2D eigenvalue weighted by molar-refractivity contribution is 0.00593. The predicted octanol–water partition coefficient (Wildman–Crippen LogP) is 3.14. The standard InChI is InChI=1S/C19H20O6/c1-19(2,11-24-17(22)13-7-3-5-9-15(13)20)12-25-18(23)14-8-4-6-10-16(14)21/h3-10,20-21H,11-12H2,1-2H3. The summed E-state index contributed by atoms with van der Waals surface area (Å²) in [4.78, 5) is 24.0. The third kappa shape index (κ3) is 4.97. The molecule has 0 aliphatic rings. The Morgan fingerprint density at radius 2 is 1.16 bits per heavy atom.